The van der Waals surface area contributed by atoms with E-state index in [9.17, 15) is 13.6 Å². The Labute approximate surface area is 205 Å². The van der Waals surface area contributed by atoms with Crippen molar-refractivity contribution in [2.75, 3.05) is 19.6 Å². The highest BCUT2D eigenvalue weighted by Gasteiger charge is 2.12. The van der Waals surface area contributed by atoms with Crippen molar-refractivity contribution in [3.8, 4) is 5.75 Å². The van der Waals surface area contributed by atoms with Gasteiger partial charge in [-0.2, -0.15) is 8.78 Å². The maximum Gasteiger partial charge on any atom is 0.387 e. The summed E-state index contributed by atoms with van der Waals surface area (Å²) in [5.41, 5.74) is 2.21. The summed E-state index contributed by atoms with van der Waals surface area (Å²) in [7, 11) is 0. The van der Waals surface area contributed by atoms with E-state index in [1.807, 2.05) is 45.0 Å². The van der Waals surface area contributed by atoms with Gasteiger partial charge in [0, 0.05) is 37.3 Å². The summed E-state index contributed by atoms with van der Waals surface area (Å²) in [4.78, 5) is 18.7. The van der Waals surface area contributed by atoms with Crippen LogP contribution in [0.3, 0.4) is 0 Å². The van der Waals surface area contributed by atoms with Crippen LogP contribution in [0.2, 0.25) is 0 Å². The number of nitrogens with one attached hydrogen (secondary N) is 2. The number of alkyl halides is 2. The highest BCUT2D eigenvalue weighted by molar-refractivity contribution is 14.0. The molecule has 0 aromatic heterocycles. The molecular formula is C23H31F2IN4O2. The SMILES string of the molecule is CCNC(=NCc1ccc(C(=O)N(CC)CC)cc1)NCc1ccccc1OC(F)F.I. The summed E-state index contributed by atoms with van der Waals surface area (Å²) in [6.07, 6.45) is 0. The van der Waals surface area contributed by atoms with E-state index in [-0.39, 0.29) is 42.2 Å². The molecule has 0 atom stereocenters. The molecule has 2 aromatic rings. The molecular weight excluding hydrogens is 529 g/mol. The van der Waals surface area contributed by atoms with Crippen LogP contribution >= 0.6 is 24.0 Å². The molecule has 6 nitrogen and oxygen atoms in total. The van der Waals surface area contributed by atoms with E-state index in [0.717, 1.165) is 5.56 Å². The molecule has 0 heterocycles. The van der Waals surface area contributed by atoms with Gasteiger partial charge in [0.1, 0.15) is 5.75 Å². The topological polar surface area (TPSA) is 66.0 Å². The first kappa shape index (κ1) is 27.6. The summed E-state index contributed by atoms with van der Waals surface area (Å²) in [6.45, 7) is 5.66. The summed E-state index contributed by atoms with van der Waals surface area (Å²) in [6, 6.07) is 14.0. The van der Waals surface area contributed by atoms with Crippen molar-refractivity contribution in [2.45, 2.75) is 40.5 Å². The first-order chi connectivity index (χ1) is 15.0. The molecule has 0 aliphatic heterocycles. The Morgan fingerprint density at radius 2 is 1.69 bits per heavy atom. The number of hydrogen-bond acceptors (Lipinski definition) is 3. The number of nitrogens with zero attached hydrogens (tertiary/aromatic N) is 2. The van der Waals surface area contributed by atoms with Crippen LogP contribution < -0.4 is 15.4 Å². The quantitative estimate of drug-likeness (QED) is 0.253. The Hall–Kier alpha value is -2.43. The molecule has 0 unspecified atom stereocenters. The molecule has 0 aliphatic rings. The lowest BCUT2D eigenvalue weighted by atomic mass is 10.1. The Balaban J connectivity index is 0.00000512. The van der Waals surface area contributed by atoms with Crippen molar-refractivity contribution >= 4 is 35.8 Å². The molecule has 9 heteroatoms. The third-order valence-electron chi connectivity index (χ3n) is 4.65. The predicted molar refractivity (Wildman–Crippen MR) is 134 cm³/mol. The number of carbonyl (C=O) groups excluding carboxylic acids is 1. The van der Waals surface area contributed by atoms with Crippen molar-refractivity contribution in [1.82, 2.24) is 15.5 Å². The van der Waals surface area contributed by atoms with E-state index in [2.05, 4.69) is 20.4 Å². The molecule has 0 aliphatic carbocycles. The number of para-hydroxylation sites is 1. The van der Waals surface area contributed by atoms with Gasteiger partial charge < -0.3 is 20.3 Å². The van der Waals surface area contributed by atoms with Gasteiger partial charge in [-0.05, 0) is 44.5 Å². The fourth-order valence-corrected chi connectivity index (χ4v) is 3.00. The predicted octanol–water partition coefficient (Wildman–Crippen LogP) is 4.64. The molecule has 1 amide bonds. The Kier molecular flexibility index (Phi) is 12.6. The van der Waals surface area contributed by atoms with Crippen LogP contribution in [0.15, 0.2) is 53.5 Å². The van der Waals surface area contributed by atoms with Gasteiger partial charge in [0.25, 0.3) is 5.91 Å². The van der Waals surface area contributed by atoms with Gasteiger partial charge in [-0.25, -0.2) is 4.99 Å². The standard InChI is InChI=1S/C23H30F2N4O2.HI/c1-4-26-23(28-16-19-9-7-8-10-20(19)31-22(24)25)27-15-17-11-13-18(14-12-17)21(30)29(5-2)6-3;/h7-14,22H,4-6,15-16H2,1-3H3,(H2,26,27,28);1H. The van der Waals surface area contributed by atoms with Gasteiger partial charge in [0.05, 0.1) is 6.54 Å². The van der Waals surface area contributed by atoms with Gasteiger partial charge in [-0.15, -0.1) is 24.0 Å². The number of ether oxygens (including phenoxy) is 1. The molecule has 0 radical (unpaired) electrons. The fourth-order valence-electron chi connectivity index (χ4n) is 3.00. The van der Waals surface area contributed by atoms with Crippen molar-refractivity contribution in [2.24, 2.45) is 4.99 Å². The van der Waals surface area contributed by atoms with E-state index in [1.54, 1.807) is 23.1 Å². The van der Waals surface area contributed by atoms with Gasteiger partial charge in [0.2, 0.25) is 0 Å². The van der Waals surface area contributed by atoms with Crippen LogP contribution in [0.1, 0.15) is 42.3 Å². The molecule has 176 valence electrons. The zero-order chi connectivity index (χ0) is 22.6. The number of amides is 1. The molecule has 0 spiro atoms. The Morgan fingerprint density at radius 3 is 2.28 bits per heavy atom. The van der Waals surface area contributed by atoms with Gasteiger partial charge in [0.15, 0.2) is 5.96 Å². The molecule has 2 rings (SSSR count). The third kappa shape index (κ3) is 8.60. The number of guanidine groups is 1. The molecule has 0 saturated heterocycles. The summed E-state index contributed by atoms with van der Waals surface area (Å²) >= 11 is 0. The first-order valence-corrected chi connectivity index (χ1v) is 10.4. The zero-order valence-corrected chi connectivity index (χ0v) is 20.9. The van der Waals surface area contributed by atoms with Gasteiger partial charge in [-0.3, -0.25) is 4.79 Å². The van der Waals surface area contributed by atoms with Crippen molar-refractivity contribution in [1.29, 1.82) is 0 Å². The number of carbonyl (C=O) groups is 1. The second-order valence-electron chi connectivity index (χ2n) is 6.71. The van der Waals surface area contributed by atoms with Crippen LogP contribution in [0.5, 0.6) is 5.75 Å². The second-order valence-corrected chi connectivity index (χ2v) is 6.71. The summed E-state index contributed by atoms with van der Waals surface area (Å²) in [5.74, 6) is 0.701. The highest BCUT2D eigenvalue weighted by atomic mass is 127. The van der Waals surface area contributed by atoms with Crippen molar-refractivity contribution in [3.05, 3.63) is 65.2 Å². The van der Waals surface area contributed by atoms with Crippen LogP contribution in [0.4, 0.5) is 8.78 Å². The zero-order valence-electron chi connectivity index (χ0n) is 18.6. The Morgan fingerprint density at radius 1 is 1.03 bits per heavy atom. The van der Waals surface area contributed by atoms with Gasteiger partial charge >= 0.3 is 6.61 Å². The minimum Gasteiger partial charge on any atom is -0.434 e. The molecule has 32 heavy (non-hydrogen) atoms. The number of benzene rings is 2. The van der Waals surface area contributed by atoms with E-state index < -0.39 is 6.61 Å². The lowest BCUT2D eigenvalue weighted by Crippen LogP contribution is -2.36. The van der Waals surface area contributed by atoms with E-state index in [1.165, 1.54) is 6.07 Å². The number of halogens is 3. The second kappa shape index (κ2) is 14.6. The molecule has 2 N–H and O–H groups in total. The molecule has 0 bridgehead atoms. The number of aliphatic imine (C=N–C) groups is 1. The van der Waals surface area contributed by atoms with Gasteiger partial charge in [-0.1, -0.05) is 30.3 Å². The Bertz CT molecular complexity index is 859. The minimum absolute atomic E-state index is 0. The number of rotatable bonds is 10. The molecule has 0 saturated carbocycles. The van der Waals surface area contributed by atoms with E-state index in [4.69, 9.17) is 0 Å². The third-order valence-corrected chi connectivity index (χ3v) is 4.65. The lowest BCUT2D eigenvalue weighted by Gasteiger charge is -2.18. The van der Waals surface area contributed by atoms with E-state index >= 15 is 0 Å². The normalized spacial score (nSPS) is 11.0. The number of hydrogen-bond donors (Lipinski definition) is 2. The maximum atomic E-state index is 12.6. The molecule has 2 aromatic carbocycles. The fraction of sp³-hybridized carbons (Fsp3) is 0.391. The summed E-state index contributed by atoms with van der Waals surface area (Å²) in [5, 5.41) is 6.27. The monoisotopic (exact) mass is 560 g/mol. The van der Waals surface area contributed by atoms with Crippen molar-refractivity contribution in [3.63, 3.8) is 0 Å². The van der Waals surface area contributed by atoms with Crippen LogP contribution in [-0.4, -0.2) is 43.0 Å². The summed E-state index contributed by atoms with van der Waals surface area (Å²) < 4.78 is 29.7. The average Bonchev–Trinajstić information content (AvgIpc) is 2.77. The van der Waals surface area contributed by atoms with Crippen LogP contribution in [-0.2, 0) is 13.1 Å². The van der Waals surface area contributed by atoms with E-state index in [0.29, 0.717) is 43.3 Å². The molecule has 0 fully saturated rings. The highest BCUT2D eigenvalue weighted by Crippen LogP contribution is 2.20. The maximum absolute atomic E-state index is 12.6. The minimum atomic E-state index is -2.88. The van der Waals surface area contributed by atoms with Crippen LogP contribution in [0, 0.1) is 0 Å². The van der Waals surface area contributed by atoms with Crippen LogP contribution in [0.25, 0.3) is 0 Å². The average molecular weight is 560 g/mol. The van der Waals surface area contributed by atoms with Crippen molar-refractivity contribution < 1.29 is 18.3 Å². The largest absolute Gasteiger partial charge is 0.434 e. The lowest BCUT2D eigenvalue weighted by molar-refractivity contribution is -0.0504. The smallest absolute Gasteiger partial charge is 0.387 e. The first-order valence-electron chi connectivity index (χ1n) is 10.4.